The minimum absolute atomic E-state index is 0.218. The molecule has 90 valence electrons. The summed E-state index contributed by atoms with van der Waals surface area (Å²) in [5, 5.41) is 0. The molecule has 4 heteroatoms. The first-order valence-electron chi connectivity index (χ1n) is 6.00. The molecule has 1 aliphatic carbocycles. The van der Waals surface area contributed by atoms with Crippen LogP contribution in [0.25, 0.3) is 0 Å². The van der Waals surface area contributed by atoms with Gasteiger partial charge >= 0.3 is 0 Å². The average Bonchev–Trinajstić information content (AvgIpc) is 2.99. The predicted molar refractivity (Wildman–Crippen MR) is 63.0 cm³/mol. The molecule has 1 aromatic heterocycles. The highest BCUT2D eigenvalue weighted by Crippen LogP contribution is 2.35. The van der Waals surface area contributed by atoms with E-state index >= 15 is 0 Å². The fourth-order valence-electron chi connectivity index (χ4n) is 1.62. The lowest BCUT2D eigenvalue weighted by Crippen LogP contribution is -2.40. The number of nitrogens with zero attached hydrogens (tertiary/aromatic N) is 2. The average molecular weight is 223 g/mol. The quantitative estimate of drug-likeness (QED) is 0.801. The van der Waals surface area contributed by atoms with Gasteiger partial charge in [0, 0.05) is 11.6 Å². The molecule has 1 atom stereocenters. The van der Waals surface area contributed by atoms with Crippen LogP contribution in [0.4, 0.5) is 0 Å². The van der Waals surface area contributed by atoms with Gasteiger partial charge in [-0.25, -0.2) is 4.98 Å². The van der Waals surface area contributed by atoms with Crippen LogP contribution < -0.4 is 5.73 Å². The highest BCUT2D eigenvalue weighted by atomic mass is 16.5. The van der Waals surface area contributed by atoms with Crippen molar-refractivity contribution < 1.29 is 4.74 Å². The number of nitrogens with two attached hydrogens (primary N) is 1. The smallest absolute Gasteiger partial charge is 0.0951 e. The van der Waals surface area contributed by atoms with Gasteiger partial charge in [-0.1, -0.05) is 6.92 Å². The lowest BCUT2D eigenvalue weighted by Gasteiger charge is -2.22. The summed E-state index contributed by atoms with van der Waals surface area (Å²) in [7, 11) is 0. The van der Waals surface area contributed by atoms with E-state index in [0.29, 0.717) is 19.3 Å². The highest BCUT2D eigenvalue weighted by Gasteiger charge is 2.25. The van der Waals surface area contributed by atoms with E-state index in [0.717, 1.165) is 12.1 Å². The number of hydrogen-bond donors (Lipinski definition) is 1. The third-order valence-corrected chi connectivity index (χ3v) is 3.18. The minimum Gasteiger partial charge on any atom is -0.373 e. The van der Waals surface area contributed by atoms with Gasteiger partial charge in [0.2, 0.25) is 0 Å². The third kappa shape index (κ3) is 2.83. The van der Waals surface area contributed by atoms with Gasteiger partial charge in [-0.3, -0.25) is 0 Å². The summed E-state index contributed by atoms with van der Waals surface area (Å²) in [4.78, 5) is 4.17. The maximum Gasteiger partial charge on any atom is 0.0951 e. The second kappa shape index (κ2) is 4.55. The number of imidazole rings is 1. The summed E-state index contributed by atoms with van der Waals surface area (Å²) < 4.78 is 7.89. The van der Waals surface area contributed by atoms with E-state index in [1.807, 2.05) is 19.4 Å². The van der Waals surface area contributed by atoms with Gasteiger partial charge in [-0.15, -0.1) is 0 Å². The molecule has 1 unspecified atom stereocenters. The van der Waals surface area contributed by atoms with Gasteiger partial charge in [0.15, 0.2) is 0 Å². The molecule has 0 aliphatic heterocycles. The zero-order valence-corrected chi connectivity index (χ0v) is 10.1. The van der Waals surface area contributed by atoms with E-state index in [9.17, 15) is 0 Å². The van der Waals surface area contributed by atoms with E-state index in [1.54, 1.807) is 0 Å². The molecule has 1 fully saturated rings. The van der Waals surface area contributed by atoms with Crippen LogP contribution in [0.2, 0.25) is 0 Å². The first-order chi connectivity index (χ1) is 7.62. The monoisotopic (exact) mass is 223 g/mol. The Kier molecular flexibility index (Phi) is 3.30. The number of ether oxygens (including phenoxy) is 1. The van der Waals surface area contributed by atoms with Crippen molar-refractivity contribution >= 4 is 0 Å². The lowest BCUT2D eigenvalue weighted by atomic mass is 10.0. The van der Waals surface area contributed by atoms with Crippen LogP contribution in [0, 0.1) is 0 Å². The van der Waals surface area contributed by atoms with Crippen molar-refractivity contribution in [3.05, 3.63) is 18.2 Å². The molecule has 0 saturated heterocycles. The Morgan fingerprint density at radius 1 is 1.62 bits per heavy atom. The molecule has 0 radical (unpaired) electrons. The Morgan fingerprint density at radius 3 is 3.00 bits per heavy atom. The van der Waals surface area contributed by atoms with Crippen molar-refractivity contribution in [2.45, 2.75) is 51.3 Å². The molecule has 2 rings (SSSR count). The van der Waals surface area contributed by atoms with Crippen LogP contribution in [0.15, 0.2) is 12.5 Å². The molecule has 0 aromatic carbocycles. The molecule has 0 amide bonds. The summed E-state index contributed by atoms with van der Waals surface area (Å²) in [5.74, 6) is 0. The van der Waals surface area contributed by atoms with Gasteiger partial charge in [0.25, 0.3) is 0 Å². The highest BCUT2D eigenvalue weighted by molar-refractivity contribution is 5.02. The zero-order chi connectivity index (χ0) is 11.6. The van der Waals surface area contributed by atoms with Crippen molar-refractivity contribution in [2.75, 3.05) is 6.61 Å². The van der Waals surface area contributed by atoms with E-state index in [4.69, 9.17) is 10.5 Å². The summed E-state index contributed by atoms with van der Waals surface area (Å²) in [5.41, 5.74) is 6.96. The van der Waals surface area contributed by atoms with Crippen LogP contribution >= 0.6 is 0 Å². The fraction of sp³-hybridized carbons (Fsp3) is 0.750. The maximum atomic E-state index is 6.02. The standard InChI is InChI=1S/C12H21N3O/c1-3-12(2,13)8-16-7-11-6-14-9-15(11)10-4-5-10/h6,9-10H,3-5,7-8,13H2,1-2H3. The van der Waals surface area contributed by atoms with Crippen molar-refractivity contribution in [1.29, 1.82) is 0 Å². The van der Waals surface area contributed by atoms with E-state index < -0.39 is 0 Å². The van der Waals surface area contributed by atoms with E-state index in [1.165, 1.54) is 12.8 Å². The predicted octanol–water partition coefficient (Wildman–Crippen LogP) is 1.86. The maximum absolute atomic E-state index is 6.02. The molecular formula is C12H21N3O. The molecule has 0 spiro atoms. The first kappa shape index (κ1) is 11.6. The first-order valence-corrected chi connectivity index (χ1v) is 6.00. The molecule has 1 aliphatic rings. The van der Waals surface area contributed by atoms with Gasteiger partial charge in [-0.05, 0) is 26.2 Å². The van der Waals surface area contributed by atoms with Crippen molar-refractivity contribution in [1.82, 2.24) is 9.55 Å². The second-order valence-electron chi connectivity index (χ2n) is 5.02. The molecule has 4 nitrogen and oxygen atoms in total. The molecule has 1 aromatic rings. The topological polar surface area (TPSA) is 53.1 Å². The third-order valence-electron chi connectivity index (χ3n) is 3.18. The number of hydrogen-bond acceptors (Lipinski definition) is 3. The van der Waals surface area contributed by atoms with E-state index in [2.05, 4.69) is 16.5 Å². The lowest BCUT2D eigenvalue weighted by molar-refractivity contribution is 0.0739. The summed E-state index contributed by atoms with van der Waals surface area (Å²) in [6.45, 7) is 5.31. The minimum atomic E-state index is -0.218. The van der Waals surface area contributed by atoms with Crippen LogP contribution in [0.3, 0.4) is 0 Å². The molecule has 2 N–H and O–H groups in total. The van der Waals surface area contributed by atoms with E-state index in [-0.39, 0.29) is 5.54 Å². The van der Waals surface area contributed by atoms with Gasteiger partial charge < -0.3 is 15.0 Å². The Balaban J connectivity index is 1.83. The van der Waals surface area contributed by atoms with Crippen molar-refractivity contribution in [3.8, 4) is 0 Å². The molecule has 16 heavy (non-hydrogen) atoms. The summed E-state index contributed by atoms with van der Waals surface area (Å²) >= 11 is 0. The molecule has 0 bridgehead atoms. The summed E-state index contributed by atoms with van der Waals surface area (Å²) in [6, 6.07) is 0.663. The Bertz CT molecular complexity index is 342. The molecule has 1 saturated carbocycles. The Hall–Kier alpha value is -0.870. The molecular weight excluding hydrogens is 202 g/mol. The fourth-order valence-corrected chi connectivity index (χ4v) is 1.62. The normalized spacial score (nSPS) is 19.7. The number of rotatable bonds is 6. The second-order valence-corrected chi connectivity index (χ2v) is 5.02. The Labute approximate surface area is 96.8 Å². The van der Waals surface area contributed by atoms with Gasteiger partial charge in [-0.2, -0.15) is 0 Å². The van der Waals surface area contributed by atoms with Crippen molar-refractivity contribution in [2.24, 2.45) is 5.73 Å². The number of aromatic nitrogens is 2. The van der Waals surface area contributed by atoms with Crippen LogP contribution in [-0.2, 0) is 11.3 Å². The van der Waals surface area contributed by atoms with Crippen LogP contribution in [-0.4, -0.2) is 21.7 Å². The Morgan fingerprint density at radius 2 is 2.38 bits per heavy atom. The summed E-state index contributed by atoms with van der Waals surface area (Å²) in [6.07, 6.45) is 7.25. The largest absolute Gasteiger partial charge is 0.373 e. The SMILES string of the molecule is CCC(C)(N)COCc1cncn1C1CC1. The zero-order valence-electron chi connectivity index (χ0n) is 10.1. The molecule has 1 heterocycles. The van der Waals surface area contributed by atoms with Crippen LogP contribution in [0.1, 0.15) is 44.8 Å². The van der Waals surface area contributed by atoms with Gasteiger partial charge in [0.1, 0.15) is 0 Å². The van der Waals surface area contributed by atoms with Crippen molar-refractivity contribution in [3.63, 3.8) is 0 Å². The van der Waals surface area contributed by atoms with Crippen LogP contribution in [0.5, 0.6) is 0 Å². The van der Waals surface area contributed by atoms with Gasteiger partial charge in [0.05, 0.1) is 31.4 Å².